The minimum Gasteiger partial charge on any atom is -0.387 e. The number of likely N-dealkylation sites (N-methyl/N-ethyl adjacent to an activating group) is 1. The molecule has 0 amide bonds. The molecule has 1 atom stereocenters. The SMILES string of the molecule is CCCC(N)=NC(CC(C)C)CN(C)C. The summed E-state index contributed by atoms with van der Waals surface area (Å²) in [6.07, 6.45) is 3.11. The zero-order chi connectivity index (χ0) is 11.8. The number of hydrogen-bond donors (Lipinski definition) is 1. The van der Waals surface area contributed by atoms with Gasteiger partial charge in [-0.25, -0.2) is 0 Å². The van der Waals surface area contributed by atoms with Crippen LogP contribution in [-0.4, -0.2) is 37.4 Å². The highest BCUT2D eigenvalue weighted by molar-refractivity contribution is 5.80. The van der Waals surface area contributed by atoms with E-state index < -0.39 is 0 Å². The lowest BCUT2D eigenvalue weighted by molar-refractivity contribution is 0.345. The van der Waals surface area contributed by atoms with Crippen LogP contribution >= 0.6 is 0 Å². The summed E-state index contributed by atoms with van der Waals surface area (Å²) in [7, 11) is 4.16. The van der Waals surface area contributed by atoms with E-state index in [1.54, 1.807) is 0 Å². The van der Waals surface area contributed by atoms with Crippen LogP contribution in [0.4, 0.5) is 0 Å². The maximum absolute atomic E-state index is 5.87. The predicted molar refractivity (Wildman–Crippen MR) is 68.3 cm³/mol. The Morgan fingerprint density at radius 2 is 1.93 bits per heavy atom. The fourth-order valence-corrected chi connectivity index (χ4v) is 1.69. The van der Waals surface area contributed by atoms with E-state index >= 15 is 0 Å². The van der Waals surface area contributed by atoms with Crippen molar-refractivity contribution in [1.29, 1.82) is 0 Å². The number of nitrogens with zero attached hydrogens (tertiary/aromatic N) is 2. The van der Waals surface area contributed by atoms with Gasteiger partial charge >= 0.3 is 0 Å². The van der Waals surface area contributed by atoms with Gasteiger partial charge in [-0.3, -0.25) is 4.99 Å². The van der Waals surface area contributed by atoms with Crippen LogP contribution in [0.3, 0.4) is 0 Å². The van der Waals surface area contributed by atoms with Crippen LogP contribution in [0.15, 0.2) is 4.99 Å². The average molecular weight is 213 g/mol. The molecular formula is C12H27N3. The Morgan fingerprint density at radius 1 is 1.33 bits per heavy atom. The molecule has 2 N–H and O–H groups in total. The number of nitrogens with two attached hydrogens (primary N) is 1. The number of rotatable bonds is 7. The Balaban J connectivity index is 4.28. The lowest BCUT2D eigenvalue weighted by atomic mass is 10.0. The Labute approximate surface area is 94.7 Å². The Bertz CT molecular complexity index is 175. The zero-order valence-corrected chi connectivity index (χ0v) is 11.0. The molecule has 0 rings (SSSR count). The maximum atomic E-state index is 5.87. The number of aliphatic imine (C=N–C) groups is 1. The van der Waals surface area contributed by atoms with Crippen LogP contribution < -0.4 is 5.73 Å². The van der Waals surface area contributed by atoms with Crippen molar-refractivity contribution in [2.24, 2.45) is 16.6 Å². The van der Waals surface area contributed by atoms with Gasteiger partial charge in [-0.05, 0) is 32.9 Å². The molecule has 0 aliphatic carbocycles. The van der Waals surface area contributed by atoms with E-state index in [0.717, 1.165) is 31.6 Å². The molecular weight excluding hydrogens is 186 g/mol. The largest absolute Gasteiger partial charge is 0.387 e. The zero-order valence-electron chi connectivity index (χ0n) is 11.0. The summed E-state index contributed by atoms with van der Waals surface area (Å²) in [5.41, 5.74) is 5.87. The van der Waals surface area contributed by atoms with Gasteiger partial charge in [0, 0.05) is 13.0 Å². The summed E-state index contributed by atoms with van der Waals surface area (Å²) in [6.45, 7) is 7.58. The van der Waals surface area contributed by atoms with Crippen LogP contribution in [0.25, 0.3) is 0 Å². The molecule has 1 unspecified atom stereocenters. The Morgan fingerprint density at radius 3 is 2.33 bits per heavy atom. The Hall–Kier alpha value is -0.570. The summed E-state index contributed by atoms with van der Waals surface area (Å²) in [5, 5.41) is 0. The molecule has 0 aromatic carbocycles. The molecule has 0 heterocycles. The van der Waals surface area contributed by atoms with Gasteiger partial charge in [-0.1, -0.05) is 20.8 Å². The van der Waals surface area contributed by atoms with Crippen LogP contribution in [-0.2, 0) is 0 Å². The normalized spacial score (nSPS) is 15.0. The predicted octanol–water partition coefficient (Wildman–Crippen LogP) is 2.12. The molecule has 0 saturated carbocycles. The van der Waals surface area contributed by atoms with E-state index in [0.29, 0.717) is 12.0 Å². The highest BCUT2D eigenvalue weighted by atomic mass is 15.1. The topological polar surface area (TPSA) is 41.6 Å². The van der Waals surface area contributed by atoms with Crippen molar-refractivity contribution >= 4 is 5.84 Å². The molecule has 90 valence electrons. The lowest BCUT2D eigenvalue weighted by Gasteiger charge is -2.19. The van der Waals surface area contributed by atoms with Crippen molar-refractivity contribution in [3.8, 4) is 0 Å². The van der Waals surface area contributed by atoms with Crippen LogP contribution in [0.2, 0.25) is 0 Å². The van der Waals surface area contributed by atoms with Crippen molar-refractivity contribution in [3.63, 3.8) is 0 Å². The molecule has 0 spiro atoms. The van der Waals surface area contributed by atoms with Gasteiger partial charge in [0.1, 0.15) is 0 Å². The van der Waals surface area contributed by atoms with Gasteiger partial charge in [-0.2, -0.15) is 0 Å². The van der Waals surface area contributed by atoms with Crippen molar-refractivity contribution in [3.05, 3.63) is 0 Å². The summed E-state index contributed by atoms with van der Waals surface area (Å²) in [6, 6.07) is 0.353. The molecule has 0 aromatic rings. The van der Waals surface area contributed by atoms with Gasteiger partial charge < -0.3 is 10.6 Å². The summed E-state index contributed by atoms with van der Waals surface area (Å²) in [5.74, 6) is 1.48. The van der Waals surface area contributed by atoms with E-state index in [1.165, 1.54) is 0 Å². The lowest BCUT2D eigenvalue weighted by Crippen LogP contribution is -2.28. The molecule has 3 heteroatoms. The van der Waals surface area contributed by atoms with Crippen LogP contribution in [0.1, 0.15) is 40.0 Å². The van der Waals surface area contributed by atoms with Crippen LogP contribution in [0, 0.1) is 5.92 Å². The molecule has 0 aromatic heterocycles. The Kier molecular flexibility index (Phi) is 7.39. The van der Waals surface area contributed by atoms with Crippen molar-refractivity contribution in [2.75, 3.05) is 20.6 Å². The van der Waals surface area contributed by atoms with Gasteiger partial charge in [0.15, 0.2) is 0 Å². The highest BCUT2D eigenvalue weighted by Gasteiger charge is 2.11. The van der Waals surface area contributed by atoms with E-state index in [4.69, 9.17) is 5.73 Å². The molecule has 0 radical (unpaired) electrons. The van der Waals surface area contributed by atoms with Gasteiger partial charge in [0.2, 0.25) is 0 Å². The van der Waals surface area contributed by atoms with E-state index in [1.807, 2.05) is 0 Å². The summed E-state index contributed by atoms with van der Waals surface area (Å²) < 4.78 is 0. The molecule has 0 saturated heterocycles. The molecule has 0 aliphatic rings. The molecule has 0 bridgehead atoms. The minimum absolute atomic E-state index is 0.353. The fourth-order valence-electron chi connectivity index (χ4n) is 1.69. The standard InChI is InChI=1S/C12H27N3/c1-6-7-12(13)14-11(8-10(2)3)9-15(4)5/h10-11H,6-9H2,1-5H3,(H2,13,14). The molecule has 0 aliphatic heterocycles. The first kappa shape index (κ1) is 14.4. The van der Waals surface area contributed by atoms with Gasteiger partial charge in [0.25, 0.3) is 0 Å². The third kappa shape index (κ3) is 8.43. The maximum Gasteiger partial charge on any atom is 0.0940 e. The highest BCUT2D eigenvalue weighted by Crippen LogP contribution is 2.09. The van der Waals surface area contributed by atoms with Crippen LogP contribution in [0.5, 0.6) is 0 Å². The van der Waals surface area contributed by atoms with Gasteiger partial charge in [-0.15, -0.1) is 0 Å². The second-order valence-electron chi connectivity index (χ2n) is 4.92. The van der Waals surface area contributed by atoms with E-state index in [-0.39, 0.29) is 0 Å². The first-order valence-corrected chi connectivity index (χ1v) is 5.92. The quantitative estimate of drug-likeness (QED) is 0.520. The first-order chi connectivity index (χ1) is 6.95. The van der Waals surface area contributed by atoms with E-state index in [9.17, 15) is 0 Å². The first-order valence-electron chi connectivity index (χ1n) is 5.92. The molecule has 0 fully saturated rings. The fraction of sp³-hybridized carbons (Fsp3) is 0.917. The van der Waals surface area contributed by atoms with Crippen molar-refractivity contribution in [1.82, 2.24) is 4.90 Å². The second-order valence-corrected chi connectivity index (χ2v) is 4.92. The van der Waals surface area contributed by atoms with Crippen molar-refractivity contribution in [2.45, 2.75) is 46.1 Å². The second kappa shape index (κ2) is 7.69. The average Bonchev–Trinajstić information content (AvgIpc) is 2.00. The summed E-state index contributed by atoms with van der Waals surface area (Å²) in [4.78, 5) is 6.78. The smallest absolute Gasteiger partial charge is 0.0940 e. The van der Waals surface area contributed by atoms with Crippen molar-refractivity contribution < 1.29 is 0 Å². The third-order valence-corrected chi connectivity index (χ3v) is 2.17. The molecule has 3 nitrogen and oxygen atoms in total. The number of amidine groups is 1. The molecule has 15 heavy (non-hydrogen) atoms. The third-order valence-electron chi connectivity index (χ3n) is 2.17. The monoisotopic (exact) mass is 213 g/mol. The van der Waals surface area contributed by atoms with E-state index in [2.05, 4.69) is 44.8 Å². The summed E-state index contributed by atoms with van der Waals surface area (Å²) >= 11 is 0. The minimum atomic E-state index is 0.353. The van der Waals surface area contributed by atoms with Gasteiger partial charge in [0.05, 0.1) is 11.9 Å². The number of hydrogen-bond acceptors (Lipinski definition) is 2.